The lowest BCUT2D eigenvalue weighted by Gasteiger charge is -2.20. The van der Waals surface area contributed by atoms with Gasteiger partial charge in [0.05, 0.1) is 7.11 Å². The van der Waals surface area contributed by atoms with Gasteiger partial charge in [0, 0.05) is 4.91 Å². The van der Waals surface area contributed by atoms with Gasteiger partial charge in [-0.3, -0.25) is 0 Å². The summed E-state index contributed by atoms with van der Waals surface area (Å²) in [6, 6.07) is 6.82. The summed E-state index contributed by atoms with van der Waals surface area (Å²) in [6.07, 6.45) is 6.77. The van der Waals surface area contributed by atoms with Crippen LogP contribution in [0.4, 0.5) is 0 Å². The zero-order valence-corrected chi connectivity index (χ0v) is 12.0. The highest BCUT2D eigenvalue weighted by Crippen LogP contribution is 2.20. The van der Waals surface area contributed by atoms with Gasteiger partial charge in [-0.2, -0.15) is 0 Å². The first kappa shape index (κ1) is 16.2. The van der Waals surface area contributed by atoms with Crippen molar-refractivity contribution in [3.05, 3.63) is 46.0 Å². The van der Waals surface area contributed by atoms with Crippen molar-refractivity contribution >= 4 is 12.0 Å². The molecule has 0 radical (unpaired) electrons. The van der Waals surface area contributed by atoms with E-state index in [4.69, 9.17) is 16.7 Å². The van der Waals surface area contributed by atoms with E-state index in [2.05, 4.69) is 20.7 Å². The summed E-state index contributed by atoms with van der Waals surface area (Å²) < 4.78 is 10.1. The van der Waals surface area contributed by atoms with Crippen molar-refractivity contribution in [3.63, 3.8) is 0 Å². The summed E-state index contributed by atoms with van der Waals surface area (Å²) in [5, 5.41) is 3.29. The van der Waals surface area contributed by atoms with Crippen LogP contribution in [0.2, 0.25) is 0 Å². The third kappa shape index (κ3) is 4.94. The van der Waals surface area contributed by atoms with Crippen molar-refractivity contribution in [2.24, 2.45) is 5.11 Å². The number of azide groups is 1. The monoisotopic (exact) mass is 285 g/mol. The van der Waals surface area contributed by atoms with Crippen LogP contribution in [0.15, 0.2) is 35.1 Å². The van der Waals surface area contributed by atoms with Gasteiger partial charge >= 0.3 is 5.97 Å². The van der Waals surface area contributed by atoms with E-state index in [-0.39, 0.29) is 5.70 Å². The fraction of sp³-hybridized carbons (Fsp3) is 0.267. The van der Waals surface area contributed by atoms with Crippen molar-refractivity contribution in [3.8, 4) is 18.1 Å². The van der Waals surface area contributed by atoms with Crippen molar-refractivity contribution < 1.29 is 14.3 Å². The number of rotatable bonds is 5. The van der Waals surface area contributed by atoms with Crippen LogP contribution in [0.5, 0.6) is 5.75 Å². The van der Waals surface area contributed by atoms with Crippen molar-refractivity contribution in [1.29, 1.82) is 0 Å². The fourth-order valence-electron chi connectivity index (χ4n) is 1.40. The van der Waals surface area contributed by atoms with Crippen molar-refractivity contribution in [2.45, 2.75) is 19.4 Å². The minimum absolute atomic E-state index is 0.127. The van der Waals surface area contributed by atoms with E-state index in [1.807, 2.05) is 0 Å². The van der Waals surface area contributed by atoms with Gasteiger partial charge in [-0.05, 0) is 43.2 Å². The molecule has 0 aliphatic heterocycles. The second kappa shape index (κ2) is 7.04. The van der Waals surface area contributed by atoms with Crippen LogP contribution in [0, 0.1) is 12.3 Å². The molecule has 0 heterocycles. The Kier molecular flexibility index (Phi) is 5.41. The Balaban J connectivity index is 2.99. The van der Waals surface area contributed by atoms with Gasteiger partial charge < -0.3 is 9.47 Å². The zero-order chi connectivity index (χ0) is 15.9. The third-order valence-electron chi connectivity index (χ3n) is 2.45. The lowest BCUT2D eigenvalue weighted by Crippen LogP contribution is -2.25. The fourth-order valence-corrected chi connectivity index (χ4v) is 1.40. The molecule has 6 heteroatoms. The van der Waals surface area contributed by atoms with Gasteiger partial charge in [0.2, 0.25) is 0 Å². The highest BCUT2D eigenvalue weighted by molar-refractivity contribution is 5.93. The SMILES string of the molecule is C#CC(C)(C)Oc1ccc(/C=C(\N=[N+]=[N-])C(=O)OC)cc1. The normalized spacial score (nSPS) is 11.0. The Morgan fingerprint density at radius 2 is 2.05 bits per heavy atom. The van der Waals surface area contributed by atoms with Crippen molar-refractivity contribution in [1.82, 2.24) is 0 Å². The summed E-state index contributed by atoms with van der Waals surface area (Å²) in [7, 11) is 1.21. The molecule has 0 fully saturated rings. The van der Waals surface area contributed by atoms with Gasteiger partial charge in [-0.15, -0.1) is 6.42 Å². The molecule has 6 nitrogen and oxygen atoms in total. The van der Waals surface area contributed by atoms with Crippen molar-refractivity contribution in [2.75, 3.05) is 7.11 Å². The molecule has 0 spiro atoms. The number of benzene rings is 1. The number of terminal acetylenes is 1. The molecule has 0 atom stereocenters. The third-order valence-corrected chi connectivity index (χ3v) is 2.45. The van der Waals surface area contributed by atoms with Gasteiger partial charge in [0.1, 0.15) is 11.4 Å². The Morgan fingerprint density at radius 1 is 1.43 bits per heavy atom. The molecule has 1 rings (SSSR count). The minimum atomic E-state index is -0.709. The van der Waals surface area contributed by atoms with Gasteiger partial charge in [0.15, 0.2) is 5.60 Å². The van der Waals surface area contributed by atoms with E-state index < -0.39 is 11.6 Å². The number of nitrogens with zero attached hydrogens (tertiary/aromatic N) is 3. The number of methoxy groups -OCH3 is 1. The molecule has 1 aromatic rings. The molecule has 0 saturated carbocycles. The Hall–Kier alpha value is -2.90. The van der Waals surface area contributed by atoms with E-state index in [0.717, 1.165) is 0 Å². The van der Waals surface area contributed by atoms with Gasteiger partial charge in [-0.25, -0.2) is 4.79 Å². The maximum Gasteiger partial charge on any atom is 0.340 e. The summed E-state index contributed by atoms with van der Waals surface area (Å²) in [5.74, 6) is 2.41. The Bertz CT molecular complexity index is 633. The van der Waals surface area contributed by atoms with Crippen LogP contribution < -0.4 is 4.74 Å². The van der Waals surface area contributed by atoms with Gasteiger partial charge in [-0.1, -0.05) is 23.2 Å². The lowest BCUT2D eigenvalue weighted by atomic mass is 10.1. The van der Waals surface area contributed by atoms with Crippen LogP contribution in [0.1, 0.15) is 19.4 Å². The molecule has 0 aromatic heterocycles. The highest BCUT2D eigenvalue weighted by atomic mass is 16.5. The molecular formula is C15H15N3O3. The molecule has 108 valence electrons. The molecule has 0 bridgehead atoms. The number of hydrogen-bond donors (Lipinski definition) is 0. The van der Waals surface area contributed by atoms with Crippen LogP contribution in [-0.2, 0) is 9.53 Å². The molecule has 0 unspecified atom stereocenters. The Morgan fingerprint density at radius 3 is 2.52 bits per heavy atom. The number of carbonyl (C=O) groups is 1. The molecule has 0 N–H and O–H groups in total. The molecular weight excluding hydrogens is 270 g/mol. The topological polar surface area (TPSA) is 84.3 Å². The summed E-state index contributed by atoms with van der Waals surface area (Å²) in [6.45, 7) is 3.55. The van der Waals surface area contributed by atoms with Crippen LogP contribution in [0.25, 0.3) is 16.5 Å². The quantitative estimate of drug-likeness (QED) is 0.208. The van der Waals surface area contributed by atoms with Crippen LogP contribution in [0.3, 0.4) is 0 Å². The maximum atomic E-state index is 11.4. The largest absolute Gasteiger partial charge is 0.475 e. The Labute approximate surface area is 123 Å². The zero-order valence-electron chi connectivity index (χ0n) is 12.0. The number of hydrogen-bond acceptors (Lipinski definition) is 4. The average molecular weight is 285 g/mol. The van der Waals surface area contributed by atoms with E-state index >= 15 is 0 Å². The number of ether oxygens (including phenoxy) is 2. The predicted molar refractivity (Wildman–Crippen MR) is 79.1 cm³/mol. The summed E-state index contributed by atoms with van der Waals surface area (Å²) in [4.78, 5) is 14.0. The first-order valence-corrected chi connectivity index (χ1v) is 6.04. The molecule has 0 aliphatic carbocycles. The maximum absolute atomic E-state index is 11.4. The van der Waals surface area contributed by atoms with Gasteiger partial charge in [0.25, 0.3) is 0 Å². The van der Waals surface area contributed by atoms with E-state index in [1.165, 1.54) is 13.2 Å². The second-order valence-corrected chi connectivity index (χ2v) is 4.54. The van der Waals surface area contributed by atoms with E-state index in [9.17, 15) is 4.79 Å². The first-order valence-electron chi connectivity index (χ1n) is 6.04. The molecule has 1 aromatic carbocycles. The van der Waals surface area contributed by atoms with Crippen LogP contribution >= 0.6 is 0 Å². The van der Waals surface area contributed by atoms with E-state index in [1.54, 1.807) is 38.1 Å². The first-order chi connectivity index (χ1) is 9.91. The molecule has 0 amide bonds. The average Bonchev–Trinajstić information content (AvgIpc) is 2.47. The highest BCUT2D eigenvalue weighted by Gasteiger charge is 2.15. The predicted octanol–water partition coefficient (Wildman–Crippen LogP) is 3.30. The molecule has 0 saturated heterocycles. The second-order valence-electron chi connectivity index (χ2n) is 4.54. The number of carbonyl (C=O) groups excluding carboxylic acids is 1. The smallest absolute Gasteiger partial charge is 0.340 e. The lowest BCUT2D eigenvalue weighted by molar-refractivity contribution is -0.136. The molecule has 0 aliphatic rings. The summed E-state index contributed by atoms with van der Waals surface area (Å²) >= 11 is 0. The molecule has 21 heavy (non-hydrogen) atoms. The van der Waals surface area contributed by atoms with Crippen LogP contribution in [-0.4, -0.2) is 18.7 Å². The number of esters is 1. The summed E-state index contributed by atoms with van der Waals surface area (Å²) in [5.41, 5.74) is 8.25. The standard InChI is InChI=1S/C15H15N3O3/c1-5-15(2,3)21-12-8-6-11(7-9-12)10-13(17-18-16)14(19)20-4/h1,6-10H,2-4H3/b13-10-. The van der Waals surface area contributed by atoms with E-state index in [0.29, 0.717) is 11.3 Å². The minimum Gasteiger partial charge on any atom is -0.475 e.